The number of rotatable bonds is 1. The monoisotopic (exact) mass is 232 g/mol. The van der Waals surface area contributed by atoms with E-state index in [1.807, 2.05) is 18.2 Å². The largest absolute Gasteiger partial charge is 0.289 e. The van der Waals surface area contributed by atoms with Crippen LogP contribution in [0.2, 0.25) is 13.1 Å². The quantitative estimate of drug-likeness (QED) is 0.545. The third kappa shape index (κ3) is 1.66. The zero-order chi connectivity index (χ0) is 8.93. The average molecular weight is 233 g/mol. The molecule has 3 rings (SSSR count). The van der Waals surface area contributed by atoms with Gasteiger partial charge >= 0.3 is 0 Å². The summed E-state index contributed by atoms with van der Waals surface area (Å²) in [7, 11) is -1.73. The molecule has 0 fully saturated rings. The summed E-state index contributed by atoms with van der Waals surface area (Å²) in [6.45, 7) is 4.13. The number of fused-ring (bicyclic) bond motifs is 2. The molecule has 1 aromatic carbocycles. The van der Waals surface area contributed by atoms with Crippen molar-refractivity contribution in [2.45, 2.75) is 13.1 Å². The first-order chi connectivity index (χ1) is 5.48. The summed E-state index contributed by atoms with van der Waals surface area (Å²) in [6.07, 6.45) is 0. The van der Waals surface area contributed by atoms with Crippen LogP contribution in [0.3, 0.4) is 0 Å². The Morgan fingerprint density at radius 1 is 1.15 bits per heavy atom. The van der Waals surface area contributed by atoms with Crippen LogP contribution >= 0.6 is 23.5 Å². The van der Waals surface area contributed by atoms with Gasteiger partial charge in [0.1, 0.15) is 0 Å². The molecule has 13 heavy (non-hydrogen) atoms. The molecule has 0 spiro atoms. The Labute approximate surface area is 89.2 Å². The minimum absolute atomic E-state index is 0. The predicted molar refractivity (Wildman–Crippen MR) is 60.1 cm³/mol. The van der Waals surface area contributed by atoms with Crippen LogP contribution in [0.25, 0.3) is 0 Å². The van der Waals surface area contributed by atoms with Gasteiger partial charge in [0.2, 0.25) is 0 Å². The zero-order valence-electron chi connectivity index (χ0n) is 7.43. The van der Waals surface area contributed by atoms with Crippen LogP contribution in [0.5, 0.6) is 0 Å². The second-order valence-electron chi connectivity index (χ2n) is 3.60. The maximum Gasteiger partial charge on any atom is 0.193 e. The van der Waals surface area contributed by atoms with E-state index in [2.05, 4.69) is 13.1 Å². The van der Waals surface area contributed by atoms with Gasteiger partial charge in [-0.1, -0.05) is 25.2 Å². The molecule has 0 atom stereocenters. The molecule has 0 amide bonds. The van der Waals surface area contributed by atoms with E-state index in [0.29, 0.717) is 0 Å². The van der Waals surface area contributed by atoms with Crippen molar-refractivity contribution in [2.24, 2.45) is 0 Å². The first-order valence-electron chi connectivity index (χ1n) is 3.88. The molecule has 0 aliphatic heterocycles. The van der Waals surface area contributed by atoms with Crippen LogP contribution in [0.4, 0.5) is 0 Å². The van der Waals surface area contributed by atoms with Crippen LogP contribution in [-0.4, -0.2) is 13.2 Å². The highest BCUT2D eigenvalue weighted by atomic mass is 35.6. The fourth-order valence-electron chi connectivity index (χ4n) is 1.32. The summed E-state index contributed by atoms with van der Waals surface area (Å²) in [5.41, 5.74) is 1.65. The third-order valence-corrected chi connectivity index (χ3v) is 4.46. The minimum atomic E-state index is -1.73. The number of benzene rings is 1. The van der Waals surface area contributed by atoms with Gasteiger partial charge in [0.05, 0.1) is 0 Å². The summed E-state index contributed by atoms with van der Waals surface area (Å²) >= 11 is 6.23. The lowest BCUT2D eigenvalue weighted by molar-refractivity contribution is 0.102. The Kier molecular flexibility index (Phi) is 2.58. The number of hydrogen-bond donors (Lipinski definition) is 0. The molecule has 0 radical (unpaired) electrons. The van der Waals surface area contributed by atoms with Gasteiger partial charge in [0, 0.05) is 11.1 Å². The van der Waals surface area contributed by atoms with E-state index >= 15 is 0 Å². The topological polar surface area (TPSA) is 17.1 Å². The first kappa shape index (κ1) is 10.8. The number of halogens is 2. The van der Waals surface area contributed by atoms with E-state index in [0.717, 1.165) is 16.3 Å². The Bertz CT molecular complexity index is 344. The molecule has 0 saturated carbocycles. The normalized spacial score (nSPS) is 13.3. The van der Waals surface area contributed by atoms with E-state index in [9.17, 15) is 4.79 Å². The molecule has 2 aliphatic rings. The van der Waals surface area contributed by atoms with Crippen LogP contribution in [0, 0.1) is 0 Å². The smallest absolute Gasteiger partial charge is 0.193 e. The van der Waals surface area contributed by atoms with Crippen LogP contribution in [-0.2, 0) is 0 Å². The lowest BCUT2D eigenvalue weighted by Crippen LogP contribution is -2.38. The lowest BCUT2D eigenvalue weighted by atomic mass is 9.92. The second kappa shape index (κ2) is 3.12. The van der Waals surface area contributed by atoms with Crippen molar-refractivity contribution < 1.29 is 4.79 Å². The van der Waals surface area contributed by atoms with E-state index in [4.69, 9.17) is 11.1 Å². The van der Waals surface area contributed by atoms with Crippen molar-refractivity contribution in [1.82, 2.24) is 0 Å². The number of ketones is 1. The van der Waals surface area contributed by atoms with Crippen molar-refractivity contribution in [2.75, 3.05) is 0 Å². The van der Waals surface area contributed by atoms with Gasteiger partial charge in [-0.05, 0) is 11.3 Å². The van der Waals surface area contributed by atoms with E-state index in [1.54, 1.807) is 0 Å². The van der Waals surface area contributed by atoms with E-state index in [-0.39, 0.29) is 18.2 Å². The molecule has 1 nitrogen and oxygen atoms in total. The standard InChI is InChI=1S/C9H9ClOSi.ClH/c1-12(2,10)8-4-6-3-7(5-8)9(6)11;/h3-5H,1-2H3;1H. The molecule has 0 saturated heterocycles. The maximum absolute atomic E-state index is 11.1. The Hall–Kier alpha value is -0.313. The maximum atomic E-state index is 11.1. The van der Waals surface area contributed by atoms with Crippen molar-refractivity contribution >= 4 is 41.8 Å². The number of carbonyl (C=O) groups excluding carboxylic acids is 1. The summed E-state index contributed by atoms with van der Waals surface area (Å²) < 4.78 is 0. The highest BCUT2D eigenvalue weighted by molar-refractivity contribution is 7.26. The summed E-state index contributed by atoms with van der Waals surface area (Å²) in [5, 5.41) is 1.16. The van der Waals surface area contributed by atoms with Gasteiger partial charge in [0.25, 0.3) is 0 Å². The van der Waals surface area contributed by atoms with Crippen LogP contribution in [0.15, 0.2) is 18.2 Å². The fraction of sp³-hybridized carbons (Fsp3) is 0.222. The van der Waals surface area contributed by atoms with Crippen molar-refractivity contribution in [3.05, 3.63) is 29.3 Å². The molecule has 1 aromatic rings. The molecule has 4 heteroatoms. The van der Waals surface area contributed by atoms with Gasteiger partial charge in [-0.3, -0.25) is 4.79 Å². The Balaban J connectivity index is 0.000000845. The third-order valence-electron chi connectivity index (χ3n) is 2.14. The summed E-state index contributed by atoms with van der Waals surface area (Å²) in [5.74, 6) is 0.175. The number of carbonyl (C=O) groups is 1. The Morgan fingerprint density at radius 2 is 1.62 bits per heavy atom. The van der Waals surface area contributed by atoms with Gasteiger partial charge in [-0.2, -0.15) is 11.1 Å². The van der Waals surface area contributed by atoms with Crippen molar-refractivity contribution in [3.63, 3.8) is 0 Å². The molecule has 0 unspecified atom stereocenters. The first-order valence-corrected chi connectivity index (χ1v) is 7.89. The molecular formula is C9H10Cl2OSi. The lowest BCUT2D eigenvalue weighted by Gasteiger charge is -2.21. The van der Waals surface area contributed by atoms with Gasteiger partial charge in [0.15, 0.2) is 13.2 Å². The Morgan fingerprint density at radius 3 is 1.92 bits per heavy atom. The van der Waals surface area contributed by atoms with Crippen LogP contribution in [0.1, 0.15) is 15.9 Å². The SMILES string of the molecule is C[Si](C)(Cl)c1cc2cc(c1)C2=O.Cl. The molecular weight excluding hydrogens is 223 g/mol. The van der Waals surface area contributed by atoms with Gasteiger partial charge in [-0.15, -0.1) is 12.4 Å². The van der Waals surface area contributed by atoms with Crippen molar-refractivity contribution in [3.8, 4) is 0 Å². The molecule has 2 bridgehead atoms. The minimum Gasteiger partial charge on any atom is -0.289 e. The fourth-order valence-corrected chi connectivity index (χ4v) is 2.65. The molecule has 2 aliphatic carbocycles. The average Bonchev–Trinajstić information content (AvgIpc) is 2.02. The summed E-state index contributed by atoms with van der Waals surface area (Å²) in [6, 6.07) is 5.76. The van der Waals surface area contributed by atoms with Crippen molar-refractivity contribution in [1.29, 1.82) is 0 Å². The molecule has 0 aromatic heterocycles. The molecule has 70 valence electrons. The van der Waals surface area contributed by atoms with Crippen LogP contribution < -0.4 is 5.19 Å². The highest BCUT2D eigenvalue weighted by Crippen LogP contribution is 2.22. The number of hydrogen-bond acceptors (Lipinski definition) is 1. The zero-order valence-corrected chi connectivity index (χ0v) is 10.00. The van der Waals surface area contributed by atoms with Gasteiger partial charge in [-0.25, -0.2) is 0 Å². The van der Waals surface area contributed by atoms with E-state index in [1.165, 1.54) is 0 Å². The highest BCUT2D eigenvalue weighted by Gasteiger charge is 2.28. The molecule has 0 heterocycles. The second-order valence-corrected chi connectivity index (χ2v) is 9.96. The van der Waals surface area contributed by atoms with Gasteiger partial charge < -0.3 is 0 Å². The predicted octanol–water partition coefficient (Wildman–Crippen LogP) is 2.30. The van der Waals surface area contributed by atoms with E-state index < -0.39 is 7.38 Å². The summed E-state index contributed by atoms with van der Waals surface area (Å²) in [4.78, 5) is 11.1. The molecule has 0 N–H and O–H groups in total.